The van der Waals surface area contributed by atoms with Gasteiger partial charge < -0.3 is 14.4 Å². The van der Waals surface area contributed by atoms with Crippen LogP contribution < -0.4 is 4.90 Å². The lowest BCUT2D eigenvalue weighted by Gasteiger charge is -2.38. The molecule has 1 fully saturated rings. The van der Waals surface area contributed by atoms with Crippen LogP contribution in [0.5, 0.6) is 0 Å². The van der Waals surface area contributed by atoms with Crippen molar-refractivity contribution in [3.05, 3.63) is 60.9 Å². The second-order valence-corrected chi connectivity index (χ2v) is 7.48. The summed E-state index contributed by atoms with van der Waals surface area (Å²) in [6.45, 7) is 7.46. The number of fused-ring (bicyclic) bond motifs is 1. The van der Waals surface area contributed by atoms with Gasteiger partial charge in [-0.15, -0.1) is 0 Å². The summed E-state index contributed by atoms with van der Waals surface area (Å²) in [5.41, 5.74) is 3.18. The Morgan fingerprint density at radius 1 is 0.926 bits per heavy atom. The van der Waals surface area contributed by atoms with Crippen molar-refractivity contribution in [2.75, 3.05) is 31.1 Å². The average Bonchev–Trinajstić information content (AvgIpc) is 3.12. The summed E-state index contributed by atoms with van der Waals surface area (Å²) in [7, 11) is 0. The van der Waals surface area contributed by atoms with Crippen LogP contribution >= 0.6 is 0 Å². The monoisotopic (exact) mass is 362 g/mol. The number of carbonyl (C=O) groups is 1. The summed E-state index contributed by atoms with van der Waals surface area (Å²) < 4.78 is 2.05. The molecule has 3 aromatic rings. The number of carbonyl (C=O) groups excluding carboxylic acids is 1. The van der Waals surface area contributed by atoms with Gasteiger partial charge >= 0.3 is 0 Å². The lowest BCUT2D eigenvalue weighted by Crippen LogP contribution is -2.51. The molecular formula is C22H26N4O. The van der Waals surface area contributed by atoms with Gasteiger partial charge in [0.25, 0.3) is 0 Å². The average molecular weight is 362 g/mol. The summed E-state index contributed by atoms with van der Waals surface area (Å²) >= 11 is 0. The first-order valence-corrected chi connectivity index (χ1v) is 9.65. The quantitative estimate of drug-likeness (QED) is 0.712. The minimum atomic E-state index is -0.222. The van der Waals surface area contributed by atoms with E-state index in [1.807, 2.05) is 46.1 Å². The molecule has 1 unspecified atom stereocenters. The Hall–Kier alpha value is -2.82. The minimum Gasteiger partial charge on any atom is -0.368 e. The molecule has 0 aliphatic carbocycles. The normalized spacial score (nSPS) is 16.1. The first-order valence-electron chi connectivity index (χ1n) is 9.65. The van der Waals surface area contributed by atoms with Crippen molar-refractivity contribution in [1.29, 1.82) is 0 Å². The lowest BCUT2D eigenvalue weighted by atomic mass is 10.0. The summed E-state index contributed by atoms with van der Waals surface area (Å²) in [6.07, 6.45) is 1.81. The number of benzene rings is 2. The highest BCUT2D eigenvalue weighted by molar-refractivity contribution is 5.84. The number of imidazole rings is 1. The van der Waals surface area contributed by atoms with Gasteiger partial charge in [-0.3, -0.25) is 4.79 Å². The molecule has 1 amide bonds. The van der Waals surface area contributed by atoms with E-state index in [1.165, 1.54) is 5.69 Å². The fourth-order valence-corrected chi connectivity index (χ4v) is 3.94. The predicted molar refractivity (Wildman–Crippen MR) is 109 cm³/mol. The summed E-state index contributed by atoms with van der Waals surface area (Å²) in [6, 6.07) is 18.2. The van der Waals surface area contributed by atoms with E-state index < -0.39 is 0 Å². The van der Waals surface area contributed by atoms with Crippen LogP contribution in [0.3, 0.4) is 0 Å². The highest BCUT2D eigenvalue weighted by atomic mass is 16.2. The van der Waals surface area contributed by atoms with Gasteiger partial charge in [0.05, 0.1) is 17.4 Å². The Kier molecular flexibility index (Phi) is 4.84. The van der Waals surface area contributed by atoms with E-state index in [9.17, 15) is 4.79 Å². The maximum Gasteiger partial charge on any atom is 0.246 e. The van der Waals surface area contributed by atoms with Gasteiger partial charge in [0.1, 0.15) is 6.04 Å². The van der Waals surface area contributed by atoms with Crippen molar-refractivity contribution in [3.8, 4) is 0 Å². The van der Waals surface area contributed by atoms with Crippen molar-refractivity contribution >= 4 is 22.6 Å². The molecule has 1 atom stereocenters. The number of nitrogens with zero attached hydrogens (tertiary/aromatic N) is 4. The SMILES string of the molecule is CC(C)C(C(=O)N1CCN(c2ccccc2)CC1)n1cnc2ccccc21. The van der Waals surface area contributed by atoms with Crippen LogP contribution in [-0.4, -0.2) is 46.5 Å². The molecule has 1 aromatic heterocycles. The number of anilines is 1. The first kappa shape index (κ1) is 17.6. The molecule has 2 heterocycles. The number of rotatable bonds is 4. The van der Waals surface area contributed by atoms with Gasteiger partial charge in [0, 0.05) is 31.9 Å². The molecule has 1 saturated heterocycles. The standard InChI is InChI=1S/C22H26N4O/c1-17(2)21(26-16-23-19-10-6-7-11-20(19)26)22(27)25-14-12-24(13-15-25)18-8-4-3-5-9-18/h3-11,16-17,21H,12-15H2,1-2H3. The Morgan fingerprint density at radius 3 is 2.30 bits per heavy atom. The van der Waals surface area contributed by atoms with Crippen molar-refractivity contribution < 1.29 is 4.79 Å². The third-order valence-corrected chi connectivity index (χ3v) is 5.38. The molecule has 140 valence electrons. The molecule has 0 N–H and O–H groups in total. The minimum absolute atomic E-state index is 0.195. The van der Waals surface area contributed by atoms with Crippen LogP contribution in [0.4, 0.5) is 5.69 Å². The third-order valence-electron chi connectivity index (χ3n) is 5.38. The summed E-state index contributed by atoms with van der Waals surface area (Å²) in [4.78, 5) is 22.2. The molecule has 27 heavy (non-hydrogen) atoms. The number of piperazine rings is 1. The Labute approximate surface area is 160 Å². The maximum absolute atomic E-state index is 13.4. The smallest absolute Gasteiger partial charge is 0.246 e. The molecule has 4 rings (SSSR count). The van der Waals surface area contributed by atoms with Crippen LogP contribution in [0.25, 0.3) is 11.0 Å². The topological polar surface area (TPSA) is 41.4 Å². The van der Waals surface area contributed by atoms with Gasteiger partial charge in [-0.2, -0.15) is 0 Å². The van der Waals surface area contributed by atoms with Crippen molar-refractivity contribution in [1.82, 2.24) is 14.5 Å². The zero-order chi connectivity index (χ0) is 18.8. The highest BCUT2D eigenvalue weighted by Gasteiger charge is 2.31. The molecule has 5 nitrogen and oxygen atoms in total. The fourth-order valence-electron chi connectivity index (χ4n) is 3.94. The number of amides is 1. The van der Waals surface area contributed by atoms with Gasteiger partial charge in [-0.1, -0.05) is 44.2 Å². The number of hydrogen-bond acceptors (Lipinski definition) is 3. The van der Waals surface area contributed by atoms with E-state index in [0.717, 1.165) is 37.2 Å². The second-order valence-electron chi connectivity index (χ2n) is 7.48. The number of hydrogen-bond donors (Lipinski definition) is 0. The van der Waals surface area contributed by atoms with Gasteiger partial charge in [-0.25, -0.2) is 4.98 Å². The number of aromatic nitrogens is 2. The van der Waals surface area contributed by atoms with E-state index in [0.29, 0.717) is 0 Å². The third kappa shape index (κ3) is 3.42. The van der Waals surface area contributed by atoms with E-state index in [-0.39, 0.29) is 17.9 Å². The van der Waals surface area contributed by atoms with Crippen LogP contribution in [0, 0.1) is 5.92 Å². The maximum atomic E-state index is 13.4. The molecule has 0 radical (unpaired) electrons. The molecule has 1 aliphatic rings. The van der Waals surface area contributed by atoms with Crippen molar-refractivity contribution in [2.45, 2.75) is 19.9 Å². The van der Waals surface area contributed by atoms with Crippen LogP contribution in [0.2, 0.25) is 0 Å². The van der Waals surface area contributed by atoms with E-state index in [1.54, 1.807) is 0 Å². The molecule has 0 spiro atoms. The molecular weight excluding hydrogens is 336 g/mol. The Morgan fingerprint density at radius 2 is 1.59 bits per heavy atom. The summed E-state index contributed by atoms with van der Waals surface area (Å²) in [5.74, 6) is 0.392. The van der Waals surface area contributed by atoms with Gasteiger partial charge in [-0.05, 0) is 30.2 Å². The molecule has 2 aromatic carbocycles. The fraction of sp³-hybridized carbons (Fsp3) is 0.364. The highest BCUT2D eigenvalue weighted by Crippen LogP contribution is 2.26. The Balaban J connectivity index is 1.52. The van der Waals surface area contributed by atoms with Crippen LogP contribution in [0.1, 0.15) is 19.9 Å². The Bertz CT molecular complexity index is 910. The summed E-state index contributed by atoms with van der Waals surface area (Å²) in [5, 5.41) is 0. The van der Waals surface area contributed by atoms with E-state index in [2.05, 4.69) is 48.0 Å². The van der Waals surface area contributed by atoms with E-state index >= 15 is 0 Å². The van der Waals surface area contributed by atoms with Crippen LogP contribution in [-0.2, 0) is 4.79 Å². The predicted octanol–water partition coefficient (Wildman–Crippen LogP) is 3.58. The molecule has 0 saturated carbocycles. The van der Waals surface area contributed by atoms with Gasteiger partial charge in [0.15, 0.2) is 0 Å². The van der Waals surface area contributed by atoms with Crippen LogP contribution in [0.15, 0.2) is 60.9 Å². The first-order chi connectivity index (χ1) is 13.1. The lowest BCUT2D eigenvalue weighted by molar-refractivity contribution is -0.136. The van der Waals surface area contributed by atoms with Gasteiger partial charge in [0.2, 0.25) is 5.91 Å². The molecule has 1 aliphatic heterocycles. The zero-order valence-corrected chi connectivity index (χ0v) is 16.0. The zero-order valence-electron chi connectivity index (χ0n) is 16.0. The molecule has 0 bridgehead atoms. The van der Waals surface area contributed by atoms with E-state index in [4.69, 9.17) is 0 Å². The number of para-hydroxylation sites is 3. The largest absolute Gasteiger partial charge is 0.368 e. The molecule has 5 heteroatoms. The van der Waals surface area contributed by atoms with Crippen molar-refractivity contribution in [3.63, 3.8) is 0 Å². The van der Waals surface area contributed by atoms with Crippen molar-refractivity contribution in [2.24, 2.45) is 5.92 Å². The second kappa shape index (κ2) is 7.43.